The summed E-state index contributed by atoms with van der Waals surface area (Å²) >= 11 is 0. The fourth-order valence-corrected chi connectivity index (χ4v) is 3.25. The number of carbonyl (C=O) groups is 2. The minimum absolute atomic E-state index is 0.0714. The van der Waals surface area contributed by atoms with Gasteiger partial charge in [0.1, 0.15) is 12.0 Å². The van der Waals surface area contributed by atoms with Crippen LogP contribution in [0.4, 0.5) is 0 Å². The van der Waals surface area contributed by atoms with Gasteiger partial charge in [-0.2, -0.15) is 0 Å². The first-order chi connectivity index (χ1) is 8.05. The second-order valence-corrected chi connectivity index (χ2v) is 4.75. The third kappa shape index (κ3) is 2.42. The van der Waals surface area contributed by atoms with E-state index < -0.39 is 11.7 Å². The maximum absolute atomic E-state index is 11.7. The van der Waals surface area contributed by atoms with E-state index in [1.807, 2.05) is 0 Å². The average molecular weight is 261 g/mol. The molecule has 0 saturated carbocycles. The van der Waals surface area contributed by atoms with E-state index in [9.17, 15) is 9.59 Å². The number of hydrogen-bond acceptors (Lipinski definition) is 5. The van der Waals surface area contributed by atoms with Gasteiger partial charge in [-0.3, -0.25) is 14.9 Å². The largest absolute Gasteiger partial charge is 0.376 e. The molecule has 17 heavy (non-hydrogen) atoms. The molecule has 6 nitrogen and oxygen atoms in total. The van der Waals surface area contributed by atoms with Crippen molar-refractivity contribution in [2.75, 3.05) is 21.3 Å². The zero-order chi connectivity index (χ0) is 13.1. The molecule has 1 rings (SSSR count). The van der Waals surface area contributed by atoms with Crippen molar-refractivity contribution < 1.29 is 23.8 Å². The molecule has 1 fully saturated rings. The van der Waals surface area contributed by atoms with Crippen molar-refractivity contribution >= 4 is 22.1 Å². The maximum Gasteiger partial charge on any atom is 0.235 e. The molecule has 2 amide bonds. The second-order valence-electron chi connectivity index (χ2n) is 3.93. The van der Waals surface area contributed by atoms with Crippen molar-refractivity contribution in [2.24, 2.45) is 5.92 Å². The van der Waals surface area contributed by atoms with Gasteiger partial charge < -0.3 is 14.2 Å². The lowest BCUT2D eigenvalue weighted by atomic mass is 9.92. The third-order valence-electron chi connectivity index (χ3n) is 3.20. The molecule has 1 saturated heterocycles. The Balaban J connectivity index is 3.06. The molecule has 0 aromatic rings. The maximum atomic E-state index is 11.7. The Morgan fingerprint density at radius 1 is 1.41 bits per heavy atom. The number of amides is 2. The van der Waals surface area contributed by atoms with E-state index >= 15 is 0 Å². The van der Waals surface area contributed by atoms with Crippen LogP contribution in [0.25, 0.3) is 0 Å². The number of ether oxygens (including phenoxy) is 3. The number of nitrogens with one attached hydrogen (secondary N) is 1. The normalized spacial score (nSPS) is 22.9. The molecule has 2 atom stereocenters. The second kappa shape index (κ2) is 5.72. The summed E-state index contributed by atoms with van der Waals surface area (Å²) in [4.78, 5) is 23.0. The van der Waals surface area contributed by atoms with Crippen LogP contribution in [0.2, 0.25) is 6.04 Å². The van der Waals surface area contributed by atoms with E-state index in [2.05, 4.69) is 5.32 Å². The van der Waals surface area contributed by atoms with Crippen LogP contribution in [0.15, 0.2) is 0 Å². The molecule has 0 spiro atoms. The summed E-state index contributed by atoms with van der Waals surface area (Å²) in [5, 5.41) is 2.26. The van der Waals surface area contributed by atoms with Crippen LogP contribution >= 0.6 is 0 Å². The van der Waals surface area contributed by atoms with Gasteiger partial charge in [0.2, 0.25) is 17.6 Å². The monoisotopic (exact) mass is 261 g/mol. The zero-order valence-corrected chi connectivity index (χ0v) is 12.6. The van der Waals surface area contributed by atoms with Crippen LogP contribution in [-0.2, 0) is 23.8 Å². The molecule has 0 aromatic heterocycles. The summed E-state index contributed by atoms with van der Waals surface area (Å²) in [6.07, 6.45) is -0.284. The Bertz CT molecular complexity index is 301. The predicted molar refractivity (Wildman–Crippen MR) is 63.5 cm³/mol. The van der Waals surface area contributed by atoms with Gasteiger partial charge in [-0.15, -0.1) is 0 Å². The van der Waals surface area contributed by atoms with Crippen molar-refractivity contribution in [3.05, 3.63) is 0 Å². The molecule has 1 aliphatic heterocycles. The molecule has 0 aliphatic carbocycles. The number of carbonyl (C=O) groups excluding carboxylic acids is 2. The summed E-state index contributed by atoms with van der Waals surface area (Å²) in [6, 6.07) is 0.746. The molecule has 7 heteroatoms. The summed E-state index contributed by atoms with van der Waals surface area (Å²) in [5.41, 5.74) is 0. The number of hydrogen-bond donors (Lipinski definition) is 1. The molecule has 1 aliphatic rings. The molecule has 98 valence electrons. The first-order valence-corrected chi connectivity index (χ1v) is 6.93. The van der Waals surface area contributed by atoms with E-state index in [0.29, 0.717) is 0 Å². The van der Waals surface area contributed by atoms with Gasteiger partial charge in [0, 0.05) is 38.0 Å². The van der Waals surface area contributed by atoms with Gasteiger partial charge in [-0.05, 0) is 6.04 Å². The lowest BCUT2D eigenvalue weighted by Gasteiger charge is -2.39. The minimum Gasteiger partial charge on any atom is -0.376 e. The third-order valence-corrected chi connectivity index (χ3v) is 3.94. The molecule has 0 bridgehead atoms. The quantitative estimate of drug-likeness (QED) is 0.355. The topological polar surface area (TPSA) is 73.9 Å². The lowest BCUT2D eigenvalue weighted by molar-refractivity contribution is -0.281. The average Bonchev–Trinajstić information content (AvgIpc) is 2.66. The molecule has 0 aromatic carbocycles. The van der Waals surface area contributed by atoms with Crippen LogP contribution in [0, 0.1) is 5.92 Å². The van der Waals surface area contributed by atoms with Gasteiger partial charge >= 0.3 is 0 Å². The van der Waals surface area contributed by atoms with Gasteiger partial charge in [0.25, 0.3) is 0 Å². The fourth-order valence-electron chi connectivity index (χ4n) is 2.35. The summed E-state index contributed by atoms with van der Waals surface area (Å²) in [7, 11) is 5.35. The van der Waals surface area contributed by atoms with Crippen LogP contribution in [0.1, 0.15) is 6.42 Å². The van der Waals surface area contributed by atoms with Crippen LogP contribution in [0.5, 0.6) is 0 Å². The standard InChI is InChI=1S/C10H19NO5Si/c1-14-7(5-17)10(15-2,16-3)6-4-8(12)11-9(6)13/h6-7H,4-5H2,1-3,17H3,(H,11,12,13). The lowest BCUT2D eigenvalue weighted by Crippen LogP contribution is -2.54. The van der Waals surface area contributed by atoms with E-state index in [0.717, 1.165) is 16.3 Å². The molecule has 2 unspecified atom stereocenters. The first-order valence-electron chi connectivity index (χ1n) is 5.52. The Morgan fingerprint density at radius 2 is 2.00 bits per heavy atom. The van der Waals surface area contributed by atoms with Crippen LogP contribution in [0.3, 0.4) is 0 Å². The minimum atomic E-state index is -1.19. The molecule has 1 heterocycles. The van der Waals surface area contributed by atoms with Gasteiger partial charge in [0.15, 0.2) is 0 Å². The summed E-state index contributed by atoms with van der Waals surface area (Å²) in [6.45, 7) is 0. The van der Waals surface area contributed by atoms with Gasteiger partial charge in [0.05, 0.1) is 0 Å². The molecular weight excluding hydrogens is 242 g/mol. The predicted octanol–water partition coefficient (Wildman–Crippen LogP) is -1.56. The Morgan fingerprint density at radius 3 is 2.29 bits per heavy atom. The highest BCUT2D eigenvalue weighted by atomic mass is 28.1. The first kappa shape index (κ1) is 14.3. The Kier molecular flexibility index (Phi) is 4.81. The Hall–Kier alpha value is -0.763. The number of rotatable bonds is 6. The van der Waals surface area contributed by atoms with E-state index in [-0.39, 0.29) is 24.3 Å². The van der Waals surface area contributed by atoms with Crippen LogP contribution in [-0.4, -0.2) is 55.3 Å². The van der Waals surface area contributed by atoms with Crippen molar-refractivity contribution in [3.63, 3.8) is 0 Å². The Labute approximate surface area is 103 Å². The SMILES string of the molecule is COC(C[SiH3])C(OC)(OC)C1CC(=O)NC1=O. The highest BCUT2D eigenvalue weighted by Crippen LogP contribution is 2.34. The number of imide groups is 1. The highest BCUT2D eigenvalue weighted by molar-refractivity contribution is 6.09. The van der Waals surface area contributed by atoms with Gasteiger partial charge in [-0.25, -0.2) is 0 Å². The van der Waals surface area contributed by atoms with E-state index in [1.165, 1.54) is 14.2 Å². The van der Waals surface area contributed by atoms with Gasteiger partial charge in [-0.1, -0.05) is 0 Å². The smallest absolute Gasteiger partial charge is 0.235 e. The number of methoxy groups -OCH3 is 3. The summed E-state index contributed by atoms with van der Waals surface area (Å²) < 4.78 is 16.1. The van der Waals surface area contributed by atoms with E-state index in [4.69, 9.17) is 14.2 Å². The zero-order valence-electron chi connectivity index (χ0n) is 10.6. The van der Waals surface area contributed by atoms with Crippen molar-refractivity contribution in [3.8, 4) is 0 Å². The highest BCUT2D eigenvalue weighted by Gasteiger charge is 2.53. The van der Waals surface area contributed by atoms with Crippen molar-refractivity contribution in [2.45, 2.75) is 24.4 Å². The molecule has 1 N–H and O–H groups in total. The van der Waals surface area contributed by atoms with Crippen LogP contribution < -0.4 is 5.32 Å². The van der Waals surface area contributed by atoms with Crippen molar-refractivity contribution in [1.29, 1.82) is 0 Å². The molecular formula is C10H19NO5Si. The fraction of sp³-hybridized carbons (Fsp3) is 0.800. The summed E-state index contributed by atoms with van der Waals surface area (Å²) in [5.74, 6) is -2.52. The molecule has 0 radical (unpaired) electrons. The van der Waals surface area contributed by atoms with E-state index in [1.54, 1.807) is 7.11 Å². The van der Waals surface area contributed by atoms with Crippen molar-refractivity contribution in [1.82, 2.24) is 5.32 Å².